The Labute approximate surface area is 136 Å². The van der Waals surface area contributed by atoms with E-state index in [9.17, 15) is 0 Å². The molecule has 1 aliphatic carbocycles. The average Bonchev–Trinajstić information content (AvgIpc) is 2.92. The molecule has 0 heterocycles. The van der Waals surface area contributed by atoms with Crippen LogP contribution in [0.5, 0.6) is 0 Å². The van der Waals surface area contributed by atoms with Crippen molar-refractivity contribution >= 4 is 17.5 Å². The summed E-state index contributed by atoms with van der Waals surface area (Å²) in [7, 11) is 0. The topological polar surface area (TPSA) is 52.0 Å². The molecule has 4 N–H and O–H groups in total. The van der Waals surface area contributed by atoms with Crippen LogP contribution >= 0.6 is 0 Å². The molecule has 1 aliphatic rings. The number of hydrogen-bond donors (Lipinski definition) is 2. The van der Waals surface area contributed by atoms with Gasteiger partial charge in [0.15, 0.2) is 0 Å². The van der Waals surface area contributed by atoms with Crippen LogP contribution in [0.4, 0.5) is 11.4 Å². The molecule has 0 unspecified atom stereocenters. The molecule has 23 heavy (non-hydrogen) atoms. The first-order chi connectivity index (χ1) is 11.2. The highest BCUT2D eigenvalue weighted by molar-refractivity contribution is 5.91. The molecule has 0 radical (unpaired) electrons. The quantitative estimate of drug-likeness (QED) is 0.525. The van der Waals surface area contributed by atoms with Crippen LogP contribution in [0.25, 0.3) is 28.3 Å². The largest absolute Gasteiger partial charge is 0.399 e. The van der Waals surface area contributed by atoms with Gasteiger partial charge >= 0.3 is 0 Å². The summed E-state index contributed by atoms with van der Waals surface area (Å²) in [5.74, 6) is 0. The molecular weight excluding hydrogens is 280 g/mol. The van der Waals surface area contributed by atoms with Gasteiger partial charge in [-0.1, -0.05) is 49.1 Å². The normalized spacial score (nSPS) is 11.8. The van der Waals surface area contributed by atoms with Crippen LogP contribution in [-0.4, -0.2) is 0 Å². The smallest absolute Gasteiger partial charge is 0.0397 e. The molecule has 112 valence electrons. The molecule has 3 aromatic rings. The molecule has 2 heteroatoms. The standard InChI is InChI=1S/C21H18N2/c1-2-13-3-5-14(6-4-13)21-19-12-15-11-16(22)7-8-17(15)18(19)9-10-20(21)23/h2-11H,1,12,22-23H2. The van der Waals surface area contributed by atoms with Gasteiger partial charge in [-0.05, 0) is 58.0 Å². The van der Waals surface area contributed by atoms with E-state index < -0.39 is 0 Å². The van der Waals surface area contributed by atoms with E-state index in [1.54, 1.807) is 0 Å². The Morgan fingerprint density at radius 3 is 2.35 bits per heavy atom. The predicted octanol–water partition coefficient (Wildman–Crippen LogP) is 4.73. The Hall–Kier alpha value is -3.00. The third-order valence-electron chi connectivity index (χ3n) is 4.57. The zero-order valence-electron chi connectivity index (χ0n) is 12.8. The summed E-state index contributed by atoms with van der Waals surface area (Å²) in [6.45, 7) is 3.81. The molecule has 0 atom stereocenters. The van der Waals surface area contributed by atoms with E-state index in [0.29, 0.717) is 0 Å². The maximum absolute atomic E-state index is 6.32. The summed E-state index contributed by atoms with van der Waals surface area (Å²) < 4.78 is 0. The lowest BCUT2D eigenvalue weighted by atomic mass is 9.93. The van der Waals surface area contributed by atoms with Gasteiger partial charge in [0.25, 0.3) is 0 Å². The zero-order valence-corrected chi connectivity index (χ0v) is 12.8. The van der Waals surface area contributed by atoms with E-state index in [1.807, 2.05) is 18.2 Å². The summed E-state index contributed by atoms with van der Waals surface area (Å²) in [5.41, 5.74) is 22.3. The van der Waals surface area contributed by atoms with Crippen molar-refractivity contribution in [3.8, 4) is 22.3 Å². The number of benzene rings is 3. The van der Waals surface area contributed by atoms with Gasteiger partial charge in [-0.15, -0.1) is 0 Å². The molecule has 0 aliphatic heterocycles. The van der Waals surface area contributed by atoms with Gasteiger partial charge < -0.3 is 11.5 Å². The van der Waals surface area contributed by atoms with Crippen LogP contribution < -0.4 is 11.5 Å². The van der Waals surface area contributed by atoms with Gasteiger partial charge in [-0.3, -0.25) is 0 Å². The minimum Gasteiger partial charge on any atom is -0.399 e. The van der Waals surface area contributed by atoms with Gasteiger partial charge in [-0.25, -0.2) is 0 Å². The molecule has 3 aromatic carbocycles. The van der Waals surface area contributed by atoms with Gasteiger partial charge in [0.05, 0.1) is 0 Å². The number of fused-ring (bicyclic) bond motifs is 3. The van der Waals surface area contributed by atoms with Crippen molar-refractivity contribution in [2.75, 3.05) is 11.5 Å². The van der Waals surface area contributed by atoms with Crippen molar-refractivity contribution in [3.63, 3.8) is 0 Å². The first-order valence-electron chi connectivity index (χ1n) is 7.70. The fourth-order valence-electron chi connectivity index (χ4n) is 3.44. The number of hydrogen-bond acceptors (Lipinski definition) is 2. The first kappa shape index (κ1) is 13.6. The van der Waals surface area contributed by atoms with Crippen LogP contribution in [-0.2, 0) is 6.42 Å². The second-order valence-corrected chi connectivity index (χ2v) is 5.98. The van der Waals surface area contributed by atoms with E-state index in [-0.39, 0.29) is 0 Å². The summed E-state index contributed by atoms with van der Waals surface area (Å²) in [6, 6.07) is 18.6. The summed E-state index contributed by atoms with van der Waals surface area (Å²) in [6.07, 6.45) is 2.72. The first-order valence-corrected chi connectivity index (χ1v) is 7.70. The number of nitrogen functional groups attached to an aromatic ring is 2. The fraction of sp³-hybridized carbons (Fsp3) is 0.0476. The lowest BCUT2D eigenvalue weighted by molar-refractivity contribution is 1.27. The minimum atomic E-state index is 0.807. The molecule has 0 spiro atoms. The SMILES string of the molecule is C=Cc1ccc(-c2c(N)ccc3c2Cc2cc(N)ccc2-3)cc1. The maximum Gasteiger partial charge on any atom is 0.0397 e. The van der Waals surface area contributed by atoms with Crippen LogP contribution in [0.2, 0.25) is 0 Å². The van der Waals surface area contributed by atoms with E-state index in [0.717, 1.165) is 34.5 Å². The Morgan fingerprint density at radius 1 is 0.870 bits per heavy atom. The van der Waals surface area contributed by atoms with Crippen LogP contribution in [0.15, 0.2) is 61.2 Å². The molecule has 0 saturated carbocycles. The third kappa shape index (κ3) is 2.11. The summed E-state index contributed by atoms with van der Waals surface area (Å²) in [5, 5.41) is 0. The minimum absolute atomic E-state index is 0.807. The highest BCUT2D eigenvalue weighted by Gasteiger charge is 2.23. The summed E-state index contributed by atoms with van der Waals surface area (Å²) in [4.78, 5) is 0. The van der Waals surface area contributed by atoms with Crippen molar-refractivity contribution < 1.29 is 0 Å². The molecule has 0 aromatic heterocycles. The van der Waals surface area contributed by atoms with Gasteiger partial charge in [0, 0.05) is 16.9 Å². The Morgan fingerprint density at radius 2 is 1.61 bits per heavy atom. The van der Waals surface area contributed by atoms with Gasteiger partial charge in [0.1, 0.15) is 0 Å². The van der Waals surface area contributed by atoms with Crippen molar-refractivity contribution in [2.45, 2.75) is 6.42 Å². The molecule has 0 bridgehead atoms. The zero-order chi connectivity index (χ0) is 16.0. The second-order valence-electron chi connectivity index (χ2n) is 5.98. The van der Waals surface area contributed by atoms with Crippen molar-refractivity contribution in [2.24, 2.45) is 0 Å². The number of anilines is 2. The Kier molecular flexibility index (Phi) is 2.98. The molecule has 0 fully saturated rings. The average molecular weight is 298 g/mol. The Balaban J connectivity index is 1.91. The van der Waals surface area contributed by atoms with E-state index >= 15 is 0 Å². The van der Waals surface area contributed by atoms with Gasteiger partial charge in [0.2, 0.25) is 0 Å². The molecule has 0 saturated heterocycles. The molecule has 4 rings (SSSR count). The molecule has 2 nitrogen and oxygen atoms in total. The van der Waals surface area contributed by atoms with Crippen molar-refractivity contribution in [3.05, 3.63) is 77.9 Å². The highest BCUT2D eigenvalue weighted by atomic mass is 14.6. The van der Waals surface area contributed by atoms with Crippen LogP contribution in [0, 0.1) is 0 Å². The van der Waals surface area contributed by atoms with Crippen molar-refractivity contribution in [1.82, 2.24) is 0 Å². The van der Waals surface area contributed by atoms with Crippen molar-refractivity contribution in [1.29, 1.82) is 0 Å². The second kappa shape index (κ2) is 5.03. The number of nitrogens with two attached hydrogens (primary N) is 2. The van der Waals surface area contributed by atoms with E-state index in [2.05, 4.69) is 49.0 Å². The predicted molar refractivity (Wildman–Crippen MR) is 99.0 cm³/mol. The van der Waals surface area contributed by atoms with Crippen LogP contribution in [0.3, 0.4) is 0 Å². The fourth-order valence-corrected chi connectivity index (χ4v) is 3.44. The molecular formula is C21H18N2. The van der Waals surface area contributed by atoms with Gasteiger partial charge in [-0.2, -0.15) is 0 Å². The third-order valence-corrected chi connectivity index (χ3v) is 4.57. The highest BCUT2D eigenvalue weighted by Crippen LogP contribution is 2.44. The lowest BCUT2D eigenvalue weighted by Gasteiger charge is -2.12. The monoisotopic (exact) mass is 298 g/mol. The maximum atomic E-state index is 6.32. The van der Waals surface area contributed by atoms with E-state index in [1.165, 1.54) is 22.3 Å². The number of rotatable bonds is 2. The Bertz CT molecular complexity index is 921. The summed E-state index contributed by atoms with van der Waals surface area (Å²) >= 11 is 0. The lowest BCUT2D eigenvalue weighted by Crippen LogP contribution is -1.95. The van der Waals surface area contributed by atoms with E-state index in [4.69, 9.17) is 11.5 Å². The molecule has 0 amide bonds. The van der Waals surface area contributed by atoms with Crippen LogP contribution in [0.1, 0.15) is 16.7 Å².